The number of hydrogen-bond donors (Lipinski definition) is 0. The van der Waals surface area contributed by atoms with Crippen LogP contribution in [0.3, 0.4) is 0 Å². The summed E-state index contributed by atoms with van der Waals surface area (Å²) in [6.45, 7) is 28.7. The second-order valence-electron chi connectivity index (χ2n) is 18.3. The van der Waals surface area contributed by atoms with Crippen LogP contribution >= 0.6 is 0 Å². The van der Waals surface area contributed by atoms with Crippen LogP contribution in [0.4, 0.5) is 0 Å². The Labute approximate surface area is 335 Å². The van der Waals surface area contributed by atoms with Crippen molar-refractivity contribution in [1.82, 2.24) is 9.97 Å². The van der Waals surface area contributed by atoms with Gasteiger partial charge in [-0.3, -0.25) is 0 Å². The zero-order valence-electron chi connectivity index (χ0n) is 35.4. The third-order valence-electron chi connectivity index (χ3n) is 13.7. The molecule has 7 aromatic carbocycles. The Kier molecular flexibility index (Phi) is 9.55. The van der Waals surface area contributed by atoms with E-state index in [1.54, 1.807) is 0 Å². The summed E-state index contributed by atoms with van der Waals surface area (Å²) in [5.74, 6) is 7.95. The minimum absolute atomic E-state index is 0.508. The molecule has 2 nitrogen and oxygen atoms in total. The van der Waals surface area contributed by atoms with E-state index in [2.05, 4.69) is 191 Å². The first-order valence-electron chi connectivity index (χ1n) is 20.9. The predicted octanol–water partition coefficient (Wildman–Crippen LogP) is 15.1. The molecule has 0 aliphatic carbocycles. The number of nitrogens with zero attached hydrogens (tertiary/aromatic N) is 2. The van der Waals surface area contributed by atoms with Gasteiger partial charge in [0.25, 0.3) is 0 Å². The number of benzene rings is 7. The average Bonchev–Trinajstić information content (AvgIpc) is 3.16. The van der Waals surface area contributed by atoms with E-state index in [1.807, 2.05) is 0 Å². The first kappa shape index (κ1) is 38.1. The lowest BCUT2D eigenvalue weighted by Gasteiger charge is -2.38. The molecular weight excluding hydrogens is 709 g/mol. The lowest BCUT2D eigenvalue weighted by molar-refractivity contribution is 0.838. The molecule has 0 amide bonds. The van der Waals surface area contributed by atoms with Gasteiger partial charge in [0.05, 0.1) is 22.2 Å². The standard InChI is InChI=1S/C52H56N2Si2/c1-31(2)55(32(3)4,33(5)6)27-25-41-45-29-39-17-13-14-18-40(39)30-46(45)42(26-28-56(34(7)8,35(9)10)36(11)12)50-49(41)53-51-43-21-15-19-37-23-24-38-20-16-22-44(52(51)54-50)48(38)47(37)43/h13-24,29-36H,1-12H3. The highest BCUT2D eigenvalue weighted by molar-refractivity contribution is 6.91. The molecule has 8 rings (SSSR count). The Hall–Kier alpha value is -4.75. The largest absolute Gasteiger partial charge is 0.242 e. The second kappa shape index (κ2) is 14.0. The molecule has 0 bridgehead atoms. The van der Waals surface area contributed by atoms with E-state index in [-0.39, 0.29) is 0 Å². The Balaban J connectivity index is 1.65. The molecule has 0 spiro atoms. The van der Waals surface area contributed by atoms with Gasteiger partial charge in [0.15, 0.2) is 0 Å². The molecule has 282 valence electrons. The van der Waals surface area contributed by atoms with Crippen molar-refractivity contribution in [2.75, 3.05) is 0 Å². The molecule has 4 heteroatoms. The van der Waals surface area contributed by atoms with E-state index in [0.29, 0.717) is 33.2 Å². The first-order chi connectivity index (χ1) is 26.7. The van der Waals surface area contributed by atoms with Gasteiger partial charge in [0.2, 0.25) is 0 Å². The molecule has 0 fully saturated rings. The van der Waals surface area contributed by atoms with Crippen molar-refractivity contribution in [3.63, 3.8) is 0 Å². The van der Waals surface area contributed by atoms with E-state index >= 15 is 0 Å². The van der Waals surface area contributed by atoms with Crippen molar-refractivity contribution in [2.24, 2.45) is 0 Å². The third-order valence-corrected chi connectivity index (χ3v) is 26.3. The van der Waals surface area contributed by atoms with E-state index in [1.165, 1.54) is 32.3 Å². The highest BCUT2D eigenvalue weighted by Gasteiger charge is 2.43. The summed E-state index contributed by atoms with van der Waals surface area (Å²) in [7, 11) is -4.22. The molecule has 8 aromatic rings. The molecule has 0 aliphatic heterocycles. The van der Waals surface area contributed by atoms with Crippen LogP contribution in [0.1, 0.15) is 94.2 Å². The zero-order valence-corrected chi connectivity index (χ0v) is 37.4. The Morgan fingerprint density at radius 3 is 1.05 bits per heavy atom. The van der Waals surface area contributed by atoms with Gasteiger partial charge < -0.3 is 0 Å². The molecular formula is C52H56N2Si2. The molecule has 0 saturated heterocycles. The first-order valence-corrected chi connectivity index (χ1v) is 25.4. The molecule has 0 unspecified atom stereocenters. The minimum atomic E-state index is -2.11. The Bertz CT molecular complexity index is 2720. The van der Waals surface area contributed by atoms with Crippen LogP contribution in [0.25, 0.3) is 75.9 Å². The minimum Gasteiger partial charge on any atom is -0.242 e. The fourth-order valence-corrected chi connectivity index (χ4v) is 21.5. The van der Waals surface area contributed by atoms with Crippen LogP contribution < -0.4 is 0 Å². The molecule has 0 saturated carbocycles. The summed E-state index contributed by atoms with van der Waals surface area (Å²) in [6, 6.07) is 31.2. The molecule has 1 heterocycles. The van der Waals surface area contributed by atoms with Gasteiger partial charge in [-0.25, -0.2) is 9.97 Å². The van der Waals surface area contributed by atoms with Crippen molar-refractivity contribution >= 4 is 92.1 Å². The topological polar surface area (TPSA) is 25.8 Å². The van der Waals surface area contributed by atoms with Gasteiger partial charge in [-0.2, -0.15) is 0 Å². The number of fused-ring (bicyclic) bond motifs is 6. The van der Waals surface area contributed by atoms with Crippen LogP contribution in [0, 0.1) is 22.9 Å². The molecule has 0 aliphatic rings. The van der Waals surface area contributed by atoms with Crippen LogP contribution in [0.5, 0.6) is 0 Å². The van der Waals surface area contributed by atoms with Crippen LogP contribution in [0.2, 0.25) is 33.2 Å². The van der Waals surface area contributed by atoms with E-state index < -0.39 is 16.1 Å². The highest BCUT2D eigenvalue weighted by atomic mass is 28.3. The summed E-state index contributed by atoms with van der Waals surface area (Å²) in [5.41, 5.74) is 16.9. The number of rotatable bonds is 6. The summed E-state index contributed by atoms with van der Waals surface area (Å²) in [4.78, 5) is 11.6. The van der Waals surface area contributed by atoms with E-state index in [9.17, 15) is 0 Å². The Morgan fingerprint density at radius 1 is 0.375 bits per heavy atom. The smallest absolute Gasteiger partial charge is 0.146 e. The van der Waals surface area contributed by atoms with Crippen molar-refractivity contribution in [2.45, 2.75) is 116 Å². The van der Waals surface area contributed by atoms with Gasteiger partial charge in [0.1, 0.15) is 27.2 Å². The van der Waals surface area contributed by atoms with Crippen molar-refractivity contribution < 1.29 is 0 Å². The maximum atomic E-state index is 5.80. The monoisotopic (exact) mass is 764 g/mol. The molecule has 0 N–H and O–H groups in total. The SMILES string of the molecule is CC(C)[Si](C#Cc1c2cc3ccccc3cc2c(C#C[Si](C(C)C)(C(C)C)C(C)C)c2nc3c4cccc5ccc6cccc(c3nc12)c6c54)(C(C)C)C(C)C. The maximum absolute atomic E-state index is 5.80. The molecule has 0 atom stereocenters. The third kappa shape index (κ3) is 5.59. The lowest BCUT2D eigenvalue weighted by atomic mass is 9.91. The molecule has 0 radical (unpaired) electrons. The van der Waals surface area contributed by atoms with Crippen LogP contribution in [-0.4, -0.2) is 26.1 Å². The van der Waals surface area contributed by atoms with Crippen LogP contribution in [0.15, 0.2) is 84.9 Å². The Morgan fingerprint density at radius 2 is 0.714 bits per heavy atom. The lowest BCUT2D eigenvalue weighted by Crippen LogP contribution is -2.43. The van der Waals surface area contributed by atoms with Gasteiger partial charge in [-0.15, -0.1) is 11.1 Å². The van der Waals surface area contributed by atoms with Crippen molar-refractivity contribution in [3.8, 4) is 22.9 Å². The quantitative estimate of drug-likeness (QED) is 0.0729. The second-order valence-corrected chi connectivity index (χ2v) is 29.4. The maximum Gasteiger partial charge on any atom is 0.146 e. The van der Waals surface area contributed by atoms with E-state index in [0.717, 1.165) is 54.7 Å². The van der Waals surface area contributed by atoms with E-state index in [4.69, 9.17) is 9.97 Å². The van der Waals surface area contributed by atoms with Gasteiger partial charge >= 0.3 is 0 Å². The number of aromatic nitrogens is 2. The molecule has 56 heavy (non-hydrogen) atoms. The normalized spacial score (nSPS) is 13.0. The summed E-state index contributed by atoms with van der Waals surface area (Å²) < 4.78 is 0. The zero-order chi connectivity index (χ0) is 39.8. The van der Waals surface area contributed by atoms with Gasteiger partial charge in [0, 0.05) is 21.5 Å². The molecule has 1 aromatic heterocycles. The highest BCUT2D eigenvalue weighted by Crippen LogP contribution is 2.45. The van der Waals surface area contributed by atoms with Gasteiger partial charge in [-0.1, -0.05) is 168 Å². The summed E-state index contributed by atoms with van der Waals surface area (Å²) in [6.07, 6.45) is 0. The fraction of sp³-hybridized carbons (Fsp3) is 0.346. The van der Waals surface area contributed by atoms with Crippen molar-refractivity contribution in [3.05, 3.63) is 96.1 Å². The predicted molar refractivity (Wildman–Crippen MR) is 252 cm³/mol. The average molecular weight is 765 g/mol. The summed E-state index contributed by atoms with van der Waals surface area (Å²) >= 11 is 0. The van der Waals surface area contributed by atoms with Gasteiger partial charge in [-0.05, 0) is 77.7 Å². The van der Waals surface area contributed by atoms with Crippen molar-refractivity contribution in [1.29, 1.82) is 0 Å². The van der Waals surface area contributed by atoms with Crippen LogP contribution in [-0.2, 0) is 0 Å². The number of hydrogen-bond acceptors (Lipinski definition) is 2. The fourth-order valence-electron chi connectivity index (χ4n) is 11.1. The summed E-state index contributed by atoms with van der Waals surface area (Å²) in [5, 5.41) is 11.9.